The second kappa shape index (κ2) is 57.8. The molecule has 0 aliphatic carbocycles. The number of aliphatic hydroxyl groups excluding tert-OH is 2. The Hall–Kier alpha value is -3.47. The SMILES string of the molecule is CC/C=C\C/C=C\C/C=C\C/C=C\C/C=C\C/C=C\C/C=C\C/C=C\C/C=C\C/C=C\CCCCCCCCCCCCC(=O)NC(CO)C(O)/C=C/CCCCCCCCCCCCCCC. The fraction of sp³-hybridized carbons (Fsp3) is 0.641. The Morgan fingerprint density at radius 1 is 0.368 bits per heavy atom. The van der Waals surface area contributed by atoms with Gasteiger partial charge in [0.15, 0.2) is 0 Å². The average molecular weight is 939 g/mol. The van der Waals surface area contributed by atoms with E-state index in [0.717, 1.165) is 89.9 Å². The molecule has 386 valence electrons. The molecule has 4 heteroatoms. The van der Waals surface area contributed by atoms with Crippen LogP contribution in [0, 0.1) is 0 Å². The largest absolute Gasteiger partial charge is 0.394 e. The minimum absolute atomic E-state index is 0.0736. The normalized spacial score (nSPS) is 13.9. The van der Waals surface area contributed by atoms with Gasteiger partial charge in [0.2, 0.25) is 5.91 Å². The maximum absolute atomic E-state index is 12.5. The van der Waals surface area contributed by atoms with Gasteiger partial charge in [0, 0.05) is 6.42 Å². The van der Waals surface area contributed by atoms with E-state index in [2.05, 4.69) is 141 Å². The van der Waals surface area contributed by atoms with Crippen LogP contribution in [0.2, 0.25) is 0 Å². The first-order valence-electron chi connectivity index (χ1n) is 28.4. The minimum atomic E-state index is -0.848. The molecule has 0 radical (unpaired) electrons. The molecule has 0 saturated carbocycles. The third-order valence-corrected chi connectivity index (χ3v) is 12.1. The zero-order valence-corrected chi connectivity index (χ0v) is 44.3. The Balaban J connectivity index is 3.61. The van der Waals surface area contributed by atoms with E-state index >= 15 is 0 Å². The summed E-state index contributed by atoms with van der Waals surface area (Å²) in [5.74, 6) is -0.0736. The topological polar surface area (TPSA) is 69.6 Å². The lowest BCUT2D eigenvalue weighted by atomic mass is 10.0. The van der Waals surface area contributed by atoms with Gasteiger partial charge in [-0.05, 0) is 96.3 Å². The fourth-order valence-corrected chi connectivity index (χ4v) is 7.85. The maximum Gasteiger partial charge on any atom is 0.220 e. The molecule has 0 saturated heterocycles. The van der Waals surface area contributed by atoms with Crippen molar-refractivity contribution in [2.24, 2.45) is 0 Å². The summed E-state index contributed by atoms with van der Waals surface area (Å²) in [6.45, 7) is 4.19. The van der Waals surface area contributed by atoms with E-state index in [9.17, 15) is 15.0 Å². The maximum atomic E-state index is 12.5. The summed E-state index contributed by atoms with van der Waals surface area (Å²) >= 11 is 0. The second-order valence-electron chi connectivity index (χ2n) is 18.6. The van der Waals surface area contributed by atoms with E-state index in [4.69, 9.17) is 0 Å². The van der Waals surface area contributed by atoms with Crippen molar-refractivity contribution in [3.8, 4) is 0 Å². The van der Waals surface area contributed by atoms with Gasteiger partial charge in [0.05, 0.1) is 18.8 Å². The summed E-state index contributed by atoms with van der Waals surface area (Å²) in [5, 5.41) is 23.1. The number of unbranched alkanes of at least 4 members (excludes halogenated alkanes) is 23. The Bertz CT molecular complexity index is 1390. The molecule has 1 amide bonds. The van der Waals surface area contributed by atoms with Crippen molar-refractivity contribution >= 4 is 5.91 Å². The van der Waals surface area contributed by atoms with Crippen LogP contribution in [-0.4, -0.2) is 34.9 Å². The van der Waals surface area contributed by atoms with Gasteiger partial charge in [-0.2, -0.15) is 0 Å². The molecule has 0 rings (SSSR count). The Morgan fingerprint density at radius 3 is 0.971 bits per heavy atom. The van der Waals surface area contributed by atoms with Crippen LogP contribution in [0.3, 0.4) is 0 Å². The third-order valence-electron chi connectivity index (χ3n) is 12.1. The van der Waals surface area contributed by atoms with Crippen molar-refractivity contribution in [2.75, 3.05) is 6.61 Å². The van der Waals surface area contributed by atoms with Gasteiger partial charge in [-0.3, -0.25) is 4.79 Å². The van der Waals surface area contributed by atoms with Crippen LogP contribution in [0.4, 0.5) is 0 Å². The van der Waals surface area contributed by atoms with Crippen molar-refractivity contribution in [1.82, 2.24) is 5.32 Å². The Morgan fingerprint density at radius 2 is 0.647 bits per heavy atom. The molecule has 68 heavy (non-hydrogen) atoms. The van der Waals surface area contributed by atoms with Crippen LogP contribution in [0.15, 0.2) is 134 Å². The van der Waals surface area contributed by atoms with E-state index in [0.29, 0.717) is 6.42 Å². The number of aliphatic hydroxyl groups is 2. The summed E-state index contributed by atoms with van der Waals surface area (Å²) in [7, 11) is 0. The summed E-state index contributed by atoms with van der Waals surface area (Å²) in [6.07, 6.45) is 90.3. The van der Waals surface area contributed by atoms with Crippen LogP contribution >= 0.6 is 0 Å². The summed E-state index contributed by atoms with van der Waals surface area (Å²) in [6, 6.07) is -0.632. The van der Waals surface area contributed by atoms with Gasteiger partial charge in [-0.25, -0.2) is 0 Å². The lowest BCUT2D eigenvalue weighted by molar-refractivity contribution is -0.123. The van der Waals surface area contributed by atoms with E-state index in [1.165, 1.54) is 135 Å². The Kier molecular flexibility index (Phi) is 54.9. The average Bonchev–Trinajstić information content (AvgIpc) is 3.34. The second-order valence-corrected chi connectivity index (χ2v) is 18.6. The highest BCUT2D eigenvalue weighted by atomic mass is 16.3. The summed E-state index contributed by atoms with van der Waals surface area (Å²) in [4.78, 5) is 12.5. The predicted molar refractivity (Wildman–Crippen MR) is 303 cm³/mol. The number of nitrogens with one attached hydrogen (secondary N) is 1. The highest BCUT2D eigenvalue weighted by molar-refractivity contribution is 5.76. The van der Waals surface area contributed by atoms with Crippen LogP contribution in [0.25, 0.3) is 0 Å². The number of hydrogen-bond acceptors (Lipinski definition) is 3. The first-order chi connectivity index (χ1) is 33.7. The monoisotopic (exact) mass is 938 g/mol. The Labute approximate surface area is 421 Å². The van der Waals surface area contributed by atoms with Gasteiger partial charge in [0.1, 0.15) is 0 Å². The number of carbonyl (C=O) groups is 1. The molecule has 0 spiro atoms. The fourth-order valence-electron chi connectivity index (χ4n) is 7.85. The quantitative estimate of drug-likeness (QED) is 0.0420. The van der Waals surface area contributed by atoms with Crippen LogP contribution < -0.4 is 5.32 Å². The van der Waals surface area contributed by atoms with E-state index in [1.54, 1.807) is 6.08 Å². The van der Waals surface area contributed by atoms with Crippen molar-refractivity contribution in [3.05, 3.63) is 134 Å². The zero-order chi connectivity index (χ0) is 49.2. The van der Waals surface area contributed by atoms with Gasteiger partial charge >= 0.3 is 0 Å². The van der Waals surface area contributed by atoms with Crippen LogP contribution in [-0.2, 0) is 4.79 Å². The molecule has 4 nitrogen and oxygen atoms in total. The van der Waals surface area contributed by atoms with Crippen LogP contribution in [0.5, 0.6) is 0 Å². The highest BCUT2D eigenvalue weighted by Crippen LogP contribution is 2.15. The number of hydrogen-bond donors (Lipinski definition) is 3. The zero-order valence-electron chi connectivity index (χ0n) is 44.3. The predicted octanol–water partition coefficient (Wildman–Crippen LogP) is 19.0. The van der Waals surface area contributed by atoms with Crippen LogP contribution in [0.1, 0.15) is 245 Å². The van der Waals surface area contributed by atoms with Crippen molar-refractivity contribution in [1.29, 1.82) is 0 Å². The molecule has 2 atom stereocenters. The lowest BCUT2D eigenvalue weighted by Gasteiger charge is -2.20. The molecule has 0 aromatic heterocycles. The molecule has 0 bridgehead atoms. The molecule has 0 heterocycles. The molecular weight excluding hydrogens is 831 g/mol. The number of amides is 1. The first-order valence-corrected chi connectivity index (χ1v) is 28.4. The highest BCUT2D eigenvalue weighted by Gasteiger charge is 2.18. The standard InChI is InChI=1S/C64H107NO3/c1-3-5-7-9-11-13-15-17-19-20-21-22-23-24-25-26-27-28-29-30-31-32-33-34-35-36-37-38-39-40-41-42-43-44-46-48-50-52-54-56-58-60-64(68)65-62(61-66)63(67)59-57-55-53-51-49-47-45-18-16-14-12-10-8-6-4-2/h5,7,11,13,17,19,21-22,24-25,27-28,30-31,33-34,36-37,39-40,57,59,62-63,66-67H,3-4,6,8-10,12,14-16,18,20,23,26,29,32,35,38,41-56,58,60-61H2,1-2H3,(H,65,68)/b7-5-,13-11-,19-17-,22-21-,25-24-,28-27-,31-30-,34-33-,37-36-,40-39-,59-57+. The lowest BCUT2D eigenvalue weighted by Crippen LogP contribution is -2.45. The molecule has 3 N–H and O–H groups in total. The minimum Gasteiger partial charge on any atom is -0.394 e. The molecular formula is C64H107NO3. The summed E-state index contributed by atoms with van der Waals surface area (Å²) in [5.41, 5.74) is 0. The first kappa shape index (κ1) is 64.5. The van der Waals surface area contributed by atoms with E-state index in [-0.39, 0.29) is 12.5 Å². The molecule has 0 aliphatic heterocycles. The van der Waals surface area contributed by atoms with Crippen molar-refractivity contribution < 1.29 is 15.0 Å². The molecule has 0 aliphatic rings. The van der Waals surface area contributed by atoms with E-state index < -0.39 is 12.1 Å². The molecule has 0 fully saturated rings. The molecule has 0 aromatic rings. The third kappa shape index (κ3) is 53.5. The smallest absolute Gasteiger partial charge is 0.220 e. The van der Waals surface area contributed by atoms with Crippen molar-refractivity contribution in [2.45, 2.75) is 257 Å². The van der Waals surface area contributed by atoms with E-state index in [1.807, 2.05) is 6.08 Å². The number of rotatable bonds is 50. The van der Waals surface area contributed by atoms with Gasteiger partial charge in [0.25, 0.3) is 0 Å². The molecule has 2 unspecified atom stereocenters. The number of carbonyl (C=O) groups excluding carboxylic acids is 1. The van der Waals surface area contributed by atoms with Gasteiger partial charge in [-0.1, -0.05) is 276 Å². The number of allylic oxidation sites excluding steroid dienone is 21. The molecule has 0 aromatic carbocycles. The van der Waals surface area contributed by atoms with Gasteiger partial charge < -0.3 is 15.5 Å². The van der Waals surface area contributed by atoms with Gasteiger partial charge in [-0.15, -0.1) is 0 Å². The van der Waals surface area contributed by atoms with Crippen molar-refractivity contribution in [3.63, 3.8) is 0 Å². The summed E-state index contributed by atoms with van der Waals surface area (Å²) < 4.78 is 0.